The summed E-state index contributed by atoms with van der Waals surface area (Å²) in [5.74, 6) is 0.698. The second-order valence-electron chi connectivity index (χ2n) is 8.65. The molecule has 1 heterocycles. The zero-order chi connectivity index (χ0) is 22.1. The number of hydrogen-bond acceptors (Lipinski definition) is 5. The van der Waals surface area contributed by atoms with Crippen molar-refractivity contribution in [1.82, 2.24) is 0 Å². The second-order valence-corrected chi connectivity index (χ2v) is 8.65. The maximum absolute atomic E-state index is 12.9. The first-order valence-electron chi connectivity index (χ1n) is 10.7. The molecule has 1 aromatic rings. The van der Waals surface area contributed by atoms with Crippen molar-refractivity contribution < 1.29 is 38.0 Å². The molecule has 5 atom stereocenters. The molecule has 1 saturated carbocycles. The van der Waals surface area contributed by atoms with Crippen LogP contribution in [0.5, 0.6) is 5.75 Å². The van der Waals surface area contributed by atoms with E-state index in [4.69, 9.17) is 4.74 Å². The van der Waals surface area contributed by atoms with Gasteiger partial charge in [0.05, 0.1) is 6.10 Å². The highest BCUT2D eigenvalue weighted by molar-refractivity contribution is 5.39. The van der Waals surface area contributed by atoms with E-state index in [1.807, 2.05) is 0 Å². The van der Waals surface area contributed by atoms with Gasteiger partial charge in [-0.2, -0.15) is 0 Å². The molecule has 3 N–H and O–H groups in total. The van der Waals surface area contributed by atoms with Crippen molar-refractivity contribution >= 4 is 0 Å². The summed E-state index contributed by atoms with van der Waals surface area (Å²) in [5.41, 5.74) is 0.862. The van der Waals surface area contributed by atoms with Crippen LogP contribution >= 0.6 is 0 Å². The van der Waals surface area contributed by atoms with Crippen LogP contribution in [0.15, 0.2) is 18.2 Å². The molecule has 1 aliphatic carbocycles. The van der Waals surface area contributed by atoms with Crippen LogP contribution in [-0.4, -0.2) is 46.1 Å². The van der Waals surface area contributed by atoms with Gasteiger partial charge in [0.1, 0.15) is 30.2 Å². The Balaban J connectivity index is 1.85. The lowest BCUT2D eigenvalue weighted by Crippen LogP contribution is -2.53. The van der Waals surface area contributed by atoms with Crippen molar-refractivity contribution in [2.45, 2.75) is 89.3 Å². The molecule has 5 nitrogen and oxygen atoms in total. The standard InChI is InChI=1S/C22H31F3O5/c1-3-13-4-6-14(7-5-13)10-16-11-15(8-9-17(16)30-22(23,24)25)21-20(28)19(27)18(26)12(2)29-21/h8-9,11-14,18-21,26-28H,3-7,10H2,1-2H3/t12-,13?,14?,18-,19+,20-,21+/m1/s1. The zero-order valence-electron chi connectivity index (χ0n) is 17.3. The first-order chi connectivity index (χ1) is 14.1. The number of benzene rings is 1. The maximum Gasteiger partial charge on any atom is 0.573 e. The molecule has 2 fully saturated rings. The topological polar surface area (TPSA) is 79.2 Å². The summed E-state index contributed by atoms with van der Waals surface area (Å²) in [7, 11) is 0. The third-order valence-electron chi connectivity index (χ3n) is 6.54. The Morgan fingerprint density at radius 2 is 1.63 bits per heavy atom. The Morgan fingerprint density at radius 3 is 2.23 bits per heavy atom. The average Bonchev–Trinajstić information content (AvgIpc) is 2.70. The van der Waals surface area contributed by atoms with Gasteiger partial charge >= 0.3 is 6.36 Å². The molecule has 3 rings (SSSR count). The van der Waals surface area contributed by atoms with Gasteiger partial charge in [-0.05, 0) is 61.3 Å². The fraction of sp³-hybridized carbons (Fsp3) is 0.727. The van der Waals surface area contributed by atoms with E-state index in [1.165, 1.54) is 12.1 Å². The summed E-state index contributed by atoms with van der Waals surface area (Å²) < 4.78 is 48.6. The highest BCUT2D eigenvalue weighted by Gasteiger charge is 2.42. The van der Waals surface area contributed by atoms with E-state index in [-0.39, 0.29) is 11.7 Å². The van der Waals surface area contributed by atoms with Gasteiger partial charge in [0, 0.05) is 0 Å². The second kappa shape index (κ2) is 9.42. The number of rotatable bonds is 5. The lowest BCUT2D eigenvalue weighted by atomic mass is 9.78. The molecule has 0 radical (unpaired) electrons. The van der Waals surface area contributed by atoms with Crippen molar-refractivity contribution in [3.63, 3.8) is 0 Å². The molecule has 1 aromatic carbocycles. The fourth-order valence-electron chi connectivity index (χ4n) is 4.64. The van der Waals surface area contributed by atoms with Crippen molar-refractivity contribution in [2.24, 2.45) is 11.8 Å². The molecule has 0 aromatic heterocycles. The number of aliphatic hydroxyl groups is 3. The number of aliphatic hydroxyl groups excluding tert-OH is 3. The van der Waals surface area contributed by atoms with Gasteiger partial charge in [0.2, 0.25) is 0 Å². The Labute approximate surface area is 174 Å². The van der Waals surface area contributed by atoms with E-state index in [0.29, 0.717) is 23.5 Å². The smallest absolute Gasteiger partial charge is 0.406 e. The van der Waals surface area contributed by atoms with Gasteiger partial charge in [0.15, 0.2) is 0 Å². The van der Waals surface area contributed by atoms with Gasteiger partial charge in [-0.3, -0.25) is 0 Å². The minimum atomic E-state index is -4.80. The molecule has 1 aliphatic heterocycles. The lowest BCUT2D eigenvalue weighted by Gasteiger charge is -2.39. The summed E-state index contributed by atoms with van der Waals surface area (Å²) in [4.78, 5) is 0. The van der Waals surface area contributed by atoms with Crippen LogP contribution in [-0.2, 0) is 11.2 Å². The maximum atomic E-state index is 12.9. The van der Waals surface area contributed by atoms with Gasteiger partial charge in [-0.25, -0.2) is 0 Å². The van der Waals surface area contributed by atoms with Gasteiger partial charge in [-0.1, -0.05) is 32.3 Å². The zero-order valence-corrected chi connectivity index (χ0v) is 17.3. The normalized spacial score (nSPS) is 35.3. The SMILES string of the molecule is CCC1CCC(Cc2cc([C@@H]3O[C@H](C)[C@@H](O)[C@H](O)[C@H]3O)ccc2OC(F)(F)F)CC1. The molecule has 8 heteroatoms. The molecule has 170 valence electrons. The van der Waals surface area contributed by atoms with E-state index in [9.17, 15) is 28.5 Å². The van der Waals surface area contributed by atoms with Crippen LogP contribution in [0.25, 0.3) is 0 Å². The molecule has 1 saturated heterocycles. The minimum absolute atomic E-state index is 0.247. The van der Waals surface area contributed by atoms with Crippen LogP contribution in [0.4, 0.5) is 13.2 Å². The van der Waals surface area contributed by atoms with Crippen LogP contribution in [0.2, 0.25) is 0 Å². The molecule has 0 bridgehead atoms. The number of halogens is 3. The van der Waals surface area contributed by atoms with Crippen LogP contribution in [0, 0.1) is 11.8 Å². The Kier molecular flexibility index (Phi) is 7.32. The Morgan fingerprint density at radius 1 is 1.00 bits per heavy atom. The third-order valence-corrected chi connectivity index (χ3v) is 6.54. The molecular formula is C22H31F3O5. The van der Waals surface area contributed by atoms with Crippen LogP contribution < -0.4 is 4.74 Å². The Hall–Kier alpha value is -1.35. The highest BCUT2D eigenvalue weighted by Crippen LogP contribution is 2.39. The molecule has 2 aliphatic rings. The van der Waals surface area contributed by atoms with Gasteiger partial charge < -0.3 is 24.8 Å². The largest absolute Gasteiger partial charge is 0.573 e. The van der Waals surface area contributed by atoms with Crippen molar-refractivity contribution in [2.75, 3.05) is 0 Å². The monoisotopic (exact) mass is 432 g/mol. The molecular weight excluding hydrogens is 401 g/mol. The summed E-state index contributed by atoms with van der Waals surface area (Å²) in [6.07, 6.45) is -4.89. The summed E-state index contributed by atoms with van der Waals surface area (Å²) >= 11 is 0. The number of alkyl halides is 3. The first kappa shape index (κ1) is 23.3. The van der Waals surface area contributed by atoms with Crippen molar-refractivity contribution in [1.29, 1.82) is 0 Å². The van der Waals surface area contributed by atoms with E-state index in [0.717, 1.165) is 32.1 Å². The van der Waals surface area contributed by atoms with Crippen LogP contribution in [0.1, 0.15) is 63.2 Å². The molecule has 0 spiro atoms. The summed E-state index contributed by atoms with van der Waals surface area (Å²) in [6.45, 7) is 3.73. The van der Waals surface area contributed by atoms with Crippen LogP contribution in [0.3, 0.4) is 0 Å². The summed E-state index contributed by atoms with van der Waals surface area (Å²) in [5, 5.41) is 30.3. The van der Waals surface area contributed by atoms with E-state index >= 15 is 0 Å². The fourth-order valence-corrected chi connectivity index (χ4v) is 4.64. The molecule has 0 amide bonds. The predicted octanol–water partition coefficient (Wildman–Crippen LogP) is 3.89. The highest BCUT2D eigenvalue weighted by atomic mass is 19.4. The van der Waals surface area contributed by atoms with Crippen molar-refractivity contribution in [3.8, 4) is 5.75 Å². The van der Waals surface area contributed by atoms with E-state index in [2.05, 4.69) is 11.7 Å². The number of ether oxygens (including phenoxy) is 2. The first-order valence-corrected chi connectivity index (χ1v) is 10.7. The van der Waals surface area contributed by atoms with E-state index in [1.54, 1.807) is 13.0 Å². The van der Waals surface area contributed by atoms with E-state index < -0.39 is 36.9 Å². The van der Waals surface area contributed by atoms with Gasteiger partial charge in [0.25, 0.3) is 0 Å². The quantitative estimate of drug-likeness (QED) is 0.658. The lowest BCUT2D eigenvalue weighted by molar-refractivity contribution is -0.275. The molecule has 30 heavy (non-hydrogen) atoms. The number of hydrogen-bond donors (Lipinski definition) is 3. The molecule has 0 unspecified atom stereocenters. The van der Waals surface area contributed by atoms with Crippen molar-refractivity contribution in [3.05, 3.63) is 29.3 Å². The third kappa shape index (κ3) is 5.46. The minimum Gasteiger partial charge on any atom is -0.406 e. The van der Waals surface area contributed by atoms with Gasteiger partial charge in [-0.15, -0.1) is 13.2 Å². The Bertz CT molecular complexity index is 703. The predicted molar refractivity (Wildman–Crippen MR) is 104 cm³/mol. The average molecular weight is 432 g/mol. The summed E-state index contributed by atoms with van der Waals surface area (Å²) in [6, 6.07) is 4.22.